The Balaban J connectivity index is 1.62. The van der Waals surface area contributed by atoms with Crippen LogP contribution in [0.3, 0.4) is 0 Å². The van der Waals surface area contributed by atoms with Crippen LogP contribution in [0.25, 0.3) is 0 Å². The van der Waals surface area contributed by atoms with E-state index in [2.05, 4.69) is 38.5 Å². The minimum atomic E-state index is -0.983. The number of aliphatic imine (C=N–C) groups is 1. The van der Waals surface area contributed by atoms with Gasteiger partial charge in [0.05, 0.1) is 13.1 Å². The molecule has 1 atom stereocenters. The summed E-state index contributed by atoms with van der Waals surface area (Å²) in [7, 11) is 2.15. The standard InChI is InChI=1S/C23H34N6O/c1-4-24-22(27-18-23(2,30)20-8-6-5-7-9-20)26-17-19-10-11-25-21(16-19)29-14-12-28(3)13-15-29/h5-11,16,30H,4,12-15,17-18H2,1-3H3,(H2,24,26,27). The number of nitrogens with one attached hydrogen (secondary N) is 2. The zero-order chi connectivity index (χ0) is 21.4. The number of likely N-dealkylation sites (N-methyl/N-ethyl adjacent to an activating group) is 1. The summed E-state index contributed by atoms with van der Waals surface area (Å²) in [5.41, 5.74) is 1.01. The lowest BCUT2D eigenvalue weighted by molar-refractivity contribution is 0.0617. The molecule has 0 amide bonds. The molecule has 0 saturated carbocycles. The first-order valence-corrected chi connectivity index (χ1v) is 10.7. The Morgan fingerprint density at radius 1 is 1.13 bits per heavy atom. The molecule has 1 saturated heterocycles. The molecule has 3 N–H and O–H groups in total. The van der Waals surface area contributed by atoms with Gasteiger partial charge in [0.2, 0.25) is 0 Å². The maximum atomic E-state index is 10.8. The van der Waals surface area contributed by atoms with E-state index < -0.39 is 5.60 Å². The fourth-order valence-electron chi connectivity index (χ4n) is 3.43. The van der Waals surface area contributed by atoms with Crippen LogP contribution in [0.5, 0.6) is 0 Å². The van der Waals surface area contributed by atoms with Crippen LogP contribution in [0.1, 0.15) is 25.0 Å². The Morgan fingerprint density at radius 2 is 1.87 bits per heavy atom. The van der Waals surface area contributed by atoms with Crippen LogP contribution in [-0.2, 0) is 12.1 Å². The molecule has 3 rings (SSSR count). The predicted octanol–water partition coefficient (Wildman–Crippen LogP) is 1.80. The van der Waals surface area contributed by atoms with E-state index in [1.54, 1.807) is 0 Å². The predicted molar refractivity (Wildman–Crippen MR) is 123 cm³/mol. The maximum absolute atomic E-state index is 10.8. The molecule has 1 unspecified atom stereocenters. The monoisotopic (exact) mass is 410 g/mol. The Morgan fingerprint density at radius 3 is 2.57 bits per heavy atom. The van der Waals surface area contributed by atoms with Crippen molar-refractivity contribution < 1.29 is 5.11 Å². The number of pyridine rings is 1. The average molecular weight is 411 g/mol. The molecule has 2 heterocycles. The van der Waals surface area contributed by atoms with Gasteiger partial charge in [-0.05, 0) is 44.2 Å². The smallest absolute Gasteiger partial charge is 0.191 e. The summed E-state index contributed by atoms with van der Waals surface area (Å²) < 4.78 is 0. The summed E-state index contributed by atoms with van der Waals surface area (Å²) in [6.07, 6.45) is 1.86. The molecule has 0 bridgehead atoms. The SMILES string of the molecule is CCNC(=NCc1ccnc(N2CCN(C)CC2)c1)NCC(C)(O)c1ccccc1. The minimum Gasteiger partial charge on any atom is -0.384 e. The Kier molecular flexibility index (Phi) is 7.65. The zero-order valence-corrected chi connectivity index (χ0v) is 18.3. The number of benzene rings is 1. The fourth-order valence-corrected chi connectivity index (χ4v) is 3.43. The average Bonchev–Trinajstić information content (AvgIpc) is 2.77. The Bertz CT molecular complexity index is 815. The fraction of sp³-hybridized carbons (Fsp3) is 0.478. The van der Waals surface area contributed by atoms with Gasteiger partial charge in [0.15, 0.2) is 5.96 Å². The quantitative estimate of drug-likeness (QED) is 0.477. The van der Waals surface area contributed by atoms with Crippen molar-refractivity contribution in [3.05, 3.63) is 59.8 Å². The van der Waals surface area contributed by atoms with Crippen LogP contribution in [-0.4, -0.2) is 67.3 Å². The third-order valence-electron chi connectivity index (χ3n) is 5.40. The number of aromatic nitrogens is 1. The van der Waals surface area contributed by atoms with Crippen LogP contribution in [0.4, 0.5) is 5.82 Å². The number of piperazine rings is 1. The largest absolute Gasteiger partial charge is 0.384 e. The summed E-state index contributed by atoms with van der Waals surface area (Å²) in [6, 6.07) is 13.8. The molecule has 2 aromatic rings. The third-order valence-corrected chi connectivity index (χ3v) is 5.40. The highest BCUT2D eigenvalue weighted by molar-refractivity contribution is 5.79. The van der Waals surface area contributed by atoms with Crippen molar-refractivity contribution in [2.45, 2.75) is 26.0 Å². The van der Waals surface area contributed by atoms with Gasteiger partial charge in [-0.15, -0.1) is 0 Å². The topological polar surface area (TPSA) is 76.0 Å². The number of rotatable bonds is 7. The van der Waals surface area contributed by atoms with Crippen LogP contribution in [0, 0.1) is 0 Å². The van der Waals surface area contributed by atoms with E-state index in [1.165, 1.54) is 0 Å². The van der Waals surface area contributed by atoms with Crippen molar-refractivity contribution in [2.75, 3.05) is 51.2 Å². The van der Waals surface area contributed by atoms with E-state index in [9.17, 15) is 5.11 Å². The Labute approximate surface area is 179 Å². The van der Waals surface area contributed by atoms with Crippen molar-refractivity contribution in [2.24, 2.45) is 4.99 Å². The summed E-state index contributed by atoms with van der Waals surface area (Å²) in [5.74, 6) is 1.70. The van der Waals surface area contributed by atoms with E-state index in [0.29, 0.717) is 19.0 Å². The lowest BCUT2D eigenvalue weighted by atomic mass is 9.96. The molecule has 7 heteroatoms. The molecule has 7 nitrogen and oxygen atoms in total. The van der Waals surface area contributed by atoms with Gasteiger partial charge in [-0.1, -0.05) is 30.3 Å². The van der Waals surface area contributed by atoms with Crippen LogP contribution in [0.15, 0.2) is 53.7 Å². The molecule has 0 spiro atoms. The van der Waals surface area contributed by atoms with Gasteiger partial charge < -0.3 is 25.5 Å². The van der Waals surface area contributed by atoms with Crippen molar-refractivity contribution in [3.8, 4) is 0 Å². The van der Waals surface area contributed by atoms with Gasteiger partial charge in [-0.3, -0.25) is 0 Å². The molecular formula is C23H34N6O. The van der Waals surface area contributed by atoms with Crippen molar-refractivity contribution in [3.63, 3.8) is 0 Å². The molecule has 0 radical (unpaired) electrons. The lowest BCUT2D eigenvalue weighted by Gasteiger charge is -2.33. The zero-order valence-electron chi connectivity index (χ0n) is 18.3. The molecule has 1 aromatic heterocycles. The summed E-state index contributed by atoms with van der Waals surface area (Å²) in [5, 5.41) is 17.4. The van der Waals surface area contributed by atoms with Crippen molar-refractivity contribution in [1.82, 2.24) is 20.5 Å². The number of guanidine groups is 1. The number of hydrogen-bond donors (Lipinski definition) is 3. The molecular weight excluding hydrogens is 376 g/mol. The second kappa shape index (κ2) is 10.4. The van der Waals surface area contributed by atoms with Gasteiger partial charge in [0.1, 0.15) is 11.4 Å². The second-order valence-electron chi connectivity index (χ2n) is 8.00. The molecule has 1 aliphatic rings. The molecule has 30 heavy (non-hydrogen) atoms. The number of nitrogens with zero attached hydrogens (tertiary/aromatic N) is 4. The third kappa shape index (κ3) is 6.18. The second-order valence-corrected chi connectivity index (χ2v) is 8.00. The van der Waals surface area contributed by atoms with Crippen LogP contribution >= 0.6 is 0 Å². The maximum Gasteiger partial charge on any atom is 0.191 e. The summed E-state index contributed by atoms with van der Waals surface area (Å²) in [6.45, 7) is 9.61. The lowest BCUT2D eigenvalue weighted by Crippen LogP contribution is -2.44. The van der Waals surface area contributed by atoms with E-state index in [4.69, 9.17) is 4.99 Å². The normalized spacial score (nSPS) is 17.5. The number of anilines is 1. The summed E-state index contributed by atoms with van der Waals surface area (Å²) >= 11 is 0. The first-order chi connectivity index (χ1) is 14.5. The van der Waals surface area contributed by atoms with Gasteiger partial charge >= 0.3 is 0 Å². The van der Waals surface area contributed by atoms with Crippen molar-refractivity contribution in [1.29, 1.82) is 0 Å². The highest BCUT2D eigenvalue weighted by atomic mass is 16.3. The highest BCUT2D eigenvalue weighted by Crippen LogP contribution is 2.19. The number of hydrogen-bond acceptors (Lipinski definition) is 5. The molecule has 1 aliphatic heterocycles. The van der Waals surface area contributed by atoms with Gasteiger partial charge in [-0.25, -0.2) is 9.98 Å². The number of aliphatic hydroxyl groups is 1. The molecule has 162 valence electrons. The molecule has 1 fully saturated rings. The van der Waals surface area contributed by atoms with E-state index in [1.807, 2.05) is 56.4 Å². The van der Waals surface area contributed by atoms with Gasteiger partial charge in [-0.2, -0.15) is 0 Å². The van der Waals surface area contributed by atoms with Gasteiger partial charge in [0, 0.05) is 38.9 Å². The van der Waals surface area contributed by atoms with Crippen LogP contribution < -0.4 is 15.5 Å². The first-order valence-electron chi connectivity index (χ1n) is 10.7. The van der Waals surface area contributed by atoms with Crippen molar-refractivity contribution >= 4 is 11.8 Å². The van der Waals surface area contributed by atoms with E-state index in [0.717, 1.165) is 49.7 Å². The minimum absolute atomic E-state index is 0.367. The first kappa shape index (κ1) is 22.1. The highest BCUT2D eigenvalue weighted by Gasteiger charge is 2.23. The van der Waals surface area contributed by atoms with E-state index >= 15 is 0 Å². The van der Waals surface area contributed by atoms with E-state index in [-0.39, 0.29) is 0 Å². The Hall–Kier alpha value is -2.64. The van der Waals surface area contributed by atoms with Crippen LogP contribution in [0.2, 0.25) is 0 Å². The molecule has 1 aromatic carbocycles. The summed E-state index contributed by atoms with van der Waals surface area (Å²) in [4.78, 5) is 13.9. The molecule has 0 aliphatic carbocycles. The van der Waals surface area contributed by atoms with Gasteiger partial charge in [0.25, 0.3) is 0 Å².